The van der Waals surface area contributed by atoms with Gasteiger partial charge in [0.05, 0.1) is 12.7 Å². The minimum atomic E-state index is -0.144. The maximum absolute atomic E-state index is 13.6. The second-order valence-corrected chi connectivity index (χ2v) is 10.0. The summed E-state index contributed by atoms with van der Waals surface area (Å²) < 4.78 is 5.29. The van der Waals surface area contributed by atoms with Crippen molar-refractivity contribution < 1.29 is 14.3 Å². The highest BCUT2D eigenvalue weighted by Gasteiger charge is 2.42. The van der Waals surface area contributed by atoms with Crippen molar-refractivity contribution in [1.82, 2.24) is 9.80 Å². The molecular formula is C28H42N2O3. The number of unbranched alkanes of at least 4 members (excludes halogenated alkanes) is 7. The van der Waals surface area contributed by atoms with Crippen LogP contribution in [0.15, 0.2) is 30.0 Å². The second kappa shape index (κ2) is 12.2. The van der Waals surface area contributed by atoms with Crippen LogP contribution < -0.4 is 4.74 Å². The highest BCUT2D eigenvalue weighted by molar-refractivity contribution is 6.35. The van der Waals surface area contributed by atoms with E-state index >= 15 is 0 Å². The lowest BCUT2D eigenvalue weighted by Gasteiger charge is -2.37. The van der Waals surface area contributed by atoms with Gasteiger partial charge in [-0.05, 0) is 42.4 Å². The Morgan fingerprint density at radius 3 is 2.00 bits per heavy atom. The number of imide groups is 1. The monoisotopic (exact) mass is 454 g/mol. The fraction of sp³-hybridized carbons (Fsp3) is 0.643. The van der Waals surface area contributed by atoms with Gasteiger partial charge in [-0.3, -0.25) is 14.5 Å². The van der Waals surface area contributed by atoms with Crippen LogP contribution >= 0.6 is 0 Å². The number of ether oxygens (including phenoxy) is 1. The summed E-state index contributed by atoms with van der Waals surface area (Å²) in [6, 6.07) is 7.52. The molecule has 2 unspecified atom stereocenters. The first kappa shape index (κ1) is 25.3. The van der Waals surface area contributed by atoms with E-state index in [1.165, 1.54) is 43.4 Å². The summed E-state index contributed by atoms with van der Waals surface area (Å²) in [6.45, 7) is 8.85. The standard InChI is InChI=1S/C28H42N2O3/c1-5-6-7-8-9-10-11-12-17-30-27(31)25(23-13-15-24(33-4)16-14-23)26(28(30)32)29-19-21(2)18-22(3)20-29/h13-16,21-22H,5-12,17-20H2,1-4H3. The lowest BCUT2D eigenvalue weighted by atomic mass is 9.91. The van der Waals surface area contributed by atoms with E-state index in [0.717, 1.165) is 43.7 Å². The Labute approximate surface area is 200 Å². The lowest BCUT2D eigenvalue weighted by Crippen LogP contribution is -2.42. The Balaban J connectivity index is 1.73. The fourth-order valence-corrected chi connectivity index (χ4v) is 5.33. The van der Waals surface area contributed by atoms with Gasteiger partial charge in [0.15, 0.2) is 0 Å². The van der Waals surface area contributed by atoms with Crippen LogP contribution in [0.4, 0.5) is 0 Å². The second-order valence-electron chi connectivity index (χ2n) is 10.0. The number of carbonyl (C=O) groups is 2. The molecule has 2 amide bonds. The molecule has 1 aromatic carbocycles. The van der Waals surface area contributed by atoms with E-state index in [1.807, 2.05) is 24.3 Å². The predicted octanol–water partition coefficient (Wildman–Crippen LogP) is 5.89. The number of hydrogen-bond donors (Lipinski definition) is 0. The van der Waals surface area contributed by atoms with Crippen LogP contribution in [-0.4, -0.2) is 48.4 Å². The molecule has 0 radical (unpaired) electrons. The number of amides is 2. The summed E-state index contributed by atoms with van der Waals surface area (Å²) in [5.41, 5.74) is 1.96. The first-order valence-electron chi connectivity index (χ1n) is 13.0. The van der Waals surface area contributed by atoms with Gasteiger partial charge in [-0.2, -0.15) is 0 Å². The van der Waals surface area contributed by atoms with Crippen LogP contribution in [0.25, 0.3) is 5.57 Å². The van der Waals surface area contributed by atoms with E-state index in [0.29, 0.717) is 29.7 Å². The van der Waals surface area contributed by atoms with Gasteiger partial charge in [-0.1, -0.05) is 77.8 Å². The van der Waals surface area contributed by atoms with Crippen LogP contribution in [0.2, 0.25) is 0 Å². The normalized spacial score (nSPS) is 21.3. The first-order valence-corrected chi connectivity index (χ1v) is 13.0. The van der Waals surface area contributed by atoms with E-state index < -0.39 is 0 Å². The Hall–Kier alpha value is -2.30. The van der Waals surface area contributed by atoms with Crippen molar-refractivity contribution in [3.63, 3.8) is 0 Å². The molecule has 0 bridgehead atoms. The topological polar surface area (TPSA) is 49.9 Å². The quantitative estimate of drug-likeness (QED) is 0.292. The smallest absolute Gasteiger partial charge is 0.277 e. The third-order valence-corrected chi connectivity index (χ3v) is 6.94. The Kier molecular flexibility index (Phi) is 9.40. The predicted molar refractivity (Wildman–Crippen MR) is 134 cm³/mol. The molecule has 2 heterocycles. The average Bonchev–Trinajstić information content (AvgIpc) is 3.04. The molecule has 0 aliphatic carbocycles. The van der Waals surface area contributed by atoms with Crippen molar-refractivity contribution in [3.8, 4) is 5.75 Å². The number of carbonyl (C=O) groups excluding carboxylic acids is 2. The SMILES string of the molecule is CCCCCCCCCCN1C(=O)C(c2ccc(OC)cc2)=C(N2CC(C)CC(C)C2)C1=O. The molecule has 0 saturated carbocycles. The summed E-state index contributed by atoms with van der Waals surface area (Å²) in [6.07, 6.45) is 10.7. The molecule has 0 N–H and O–H groups in total. The number of nitrogens with zero attached hydrogens (tertiary/aromatic N) is 2. The van der Waals surface area contributed by atoms with Crippen LogP contribution in [-0.2, 0) is 9.59 Å². The van der Waals surface area contributed by atoms with Gasteiger partial charge < -0.3 is 9.64 Å². The Morgan fingerprint density at radius 1 is 0.848 bits per heavy atom. The molecular weight excluding hydrogens is 412 g/mol. The molecule has 2 aliphatic heterocycles. The molecule has 0 spiro atoms. The van der Waals surface area contributed by atoms with Gasteiger partial charge in [0.25, 0.3) is 11.8 Å². The lowest BCUT2D eigenvalue weighted by molar-refractivity contribution is -0.137. The third kappa shape index (κ3) is 6.39. The van der Waals surface area contributed by atoms with Crippen molar-refractivity contribution in [2.24, 2.45) is 11.8 Å². The first-order chi connectivity index (χ1) is 16.0. The van der Waals surface area contributed by atoms with Crippen LogP contribution in [0.1, 0.15) is 84.1 Å². The van der Waals surface area contributed by atoms with Crippen molar-refractivity contribution in [3.05, 3.63) is 35.5 Å². The maximum atomic E-state index is 13.6. The van der Waals surface area contributed by atoms with Crippen molar-refractivity contribution in [2.75, 3.05) is 26.7 Å². The zero-order chi connectivity index (χ0) is 23.8. The molecule has 33 heavy (non-hydrogen) atoms. The Bertz CT molecular complexity index is 820. The van der Waals surface area contributed by atoms with E-state index in [9.17, 15) is 9.59 Å². The highest BCUT2D eigenvalue weighted by atomic mass is 16.5. The van der Waals surface area contributed by atoms with Gasteiger partial charge in [0.2, 0.25) is 0 Å². The van der Waals surface area contributed by atoms with Crippen LogP contribution in [0.5, 0.6) is 5.75 Å². The van der Waals surface area contributed by atoms with Gasteiger partial charge in [-0.15, -0.1) is 0 Å². The molecule has 1 saturated heterocycles. The van der Waals surface area contributed by atoms with E-state index in [-0.39, 0.29) is 11.8 Å². The minimum Gasteiger partial charge on any atom is -0.497 e. The number of piperidine rings is 1. The molecule has 5 nitrogen and oxygen atoms in total. The van der Waals surface area contributed by atoms with Gasteiger partial charge in [-0.25, -0.2) is 0 Å². The summed E-state index contributed by atoms with van der Waals surface area (Å²) >= 11 is 0. The van der Waals surface area contributed by atoms with E-state index in [1.54, 1.807) is 7.11 Å². The van der Waals surface area contributed by atoms with Crippen molar-refractivity contribution >= 4 is 17.4 Å². The van der Waals surface area contributed by atoms with Gasteiger partial charge in [0, 0.05) is 19.6 Å². The fourth-order valence-electron chi connectivity index (χ4n) is 5.33. The summed E-state index contributed by atoms with van der Waals surface area (Å²) in [5, 5.41) is 0. The van der Waals surface area contributed by atoms with Crippen LogP contribution in [0, 0.1) is 11.8 Å². The zero-order valence-corrected chi connectivity index (χ0v) is 21.1. The molecule has 182 valence electrons. The molecule has 3 rings (SSSR count). The van der Waals surface area contributed by atoms with Crippen LogP contribution in [0.3, 0.4) is 0 Å². The van der Waals surface area contributed by atoms with Crippen molar-refractivity contribution in [1.29, 1.82) is 0 Å². The zero-order valence-electron chi connectivity index (χ0n) is 21.1. The number of likely N-dealkylation sites (tertiary alicyclic amines) is 1. The molecule has 0 aromatic heterocycles. The van der Waals surface area contributed by atoms with E-state index in [2.05, 4.69) is 25.7 Å². The minimum absolute atomic E-state index is 0.116. The molecule has 1 aromatic rings. The summed E-state index contributed by atoms with van der Waals surface area (Å²) in [4.78, 5) is 30.7. The van der Waals surface area contributed by atoms with Crippen molar-refractivity contribution in [2.45, 2.75) is 78.6 Å². The average molecular weight is 455 g/mol. The third-order valence-electron chi connectivity index (χ3n) is 6.94. The Morgan fingerprint density at radius 2 is 1.42 bits per heavy atom. The molecule has 5 heteroatoms. The molecule has 2 aliphatic rings. The molecule has 1 fully saturated rings. The van der Waals surface area contributed by atoms with E-state index in [4.69, 9.17) is 4.74 Å². The van der Waals surface area contributed by atoms with Gasteiger partial charge >= 0.3 is 0 Å². The maximum Gasteiger partial charge on any atom is 0.277 e. The summed E-state index contributed by atoms with van der Waals surface area (Å²) in [5.74, 6) is 1.49. The highest BCUT2D eigenvalue weighted by Crippen LogP contribution is 2.35. The molecule has 2 atom stereocenters. The van der Waals surface area contributed by atoms with Gasteiger partial charge in [0.1, 0.15) is 11.4 Å². The number of benzene rings is 1. The number of methoxy groups -OCH3 is 1. The number of rotatable bonds is 12. The number of hydrogen-bond acceptors (Lipinski definition) is 4. The summed E-state index contributed by atoms with van der Waals surface area (Å²) in [7, 11) is 1.63. The largest absolute Gasteiger partial charge is 0.497 e.